The molecule has 1 aromatic rings. The summed E-state index contributed by atoms with van der Waals surface area (Å²) in [6.07, 6.45) is -0.313. The second-order valence-electron chi connectivity index (χ2n) is 6.03. The number of carbonyl (C=O) groups excluding carboxylic acids is 1. The molecule has 5 nitrogen and oxygen atoms in total. The molecule has 5 heteroatoms. The molecule has 0 bridgehead atoms. The van der Waals surface area contributed by atoms with Gasteiger partial charge in [0.15, 0.2) is 0 Å². The quantitative estimate of drug-likeness (QED) is 0.859. The van der Waals surface area contributed by atoms with Crippen molar-refractivity contribution < 1.29 is 19.0 Å². The van der Waals surface area contributed by atoms with Gasteiger partial charge in [0.05, 0.1) is 19.3 Å². The first-order valence-electron chi connectivity index (χ1n) is 7.21. The maximum Gasteiger partial charge on any atom is 0.410 e. The van der Waals surface area contributed by atoms with E-state index in [1.165, 1.54) is 0 Å². The molecule has 0 aromatic heterocycles. The third kappa shape index (κ3) is 4.93. The third-order valence-corrected chi connectivity index (χ3v) is 3.04. The summed E-state index contributed by atoms with van der Waals surface area (Å²) in [5, 5.41) is 0. The highest BCUT2D eigenvalue weighted by Gasteiger charge is 2.31. The Hall–Kier alpha value is -1.75. The fourth-order valence-corrected chi connectivity index (χ4v) is 2.06. The van der Waals surface area contributed by atoms with Gasteiger partial charge < -0.3 is 14.2 Å². The first-order chi connectivity index (χ1) is 9.96. The van der Waals surface area contributed by atoms with Crippen molar-refractivity contribution in [3.63, 3.8) is 0 Å². The Bertz CT molecular complexity index is 455. The monoisotopic (exact) mass is 293 g/mol. The molecule has 1 aromatic carbocycles. The average Bonchev–Trinajstić information content (AvgIpc) is 2.45. The van der Waals surface area contributed by atoms with Crippen molar-refractivity contribution in [2.45, 2.75) is 32.4 Å². The lowest BCUT2D eigenvalue weighted by Gasteiger charge is -2.36. The van der Waals surface area contributed by atoms with E-state index >= 15 is 0 Å². The summed E-state index contributed by atoms with van der Waals surface area (Å²) in [4.78, 5) is 13.9. The number of rotatable bonds is 3. The van der Waals surface area contributed by atoms with Gasteiger partial charge in [-0.2, -0.15) is 0 Å². The Morgan fingerprint density at radius 3 is 2.71 bits per heavy atom. The van der Waals surface area contributed by atoms with Crippen LogP contribution in [0.25, 0.3) is 0 Å². The Balaban J connectivity index is 1.94. The Morgan fingerprint density at radius 1 is 1.33 bits per heavy atom. The number of ether oxygens (including phenoxy) is 3. The highest BCUT2D eigenvalue weighted by atomic mass is 16.6. The summed E-state index contributed by atoms with van der Waals surface area (Å²) >= 11 is 0. The number of carbonyl (C=O) groups is 1. The van der Waals surface area contributed by atoms with Crippen LogP contribution < -0.4 is 4.74 Å². The van der Waals surface area contributed by atoms with E-state index in [0.717, 1.165) is 5.75 Å². The van der Waals surface area contributed by atoms with Crippen molar-refractivity contribution in [2.75, 3.05) is 26.4 Å². The smallest absolute Gasteiger partial charge is 0.410 e. The third-order valence-electron chi connectivity index (χ3n) is 3.04. The molecule has 0 N–H and O–H groups in total. The minimum absolute atomic E-state index is 0.131. The molecule has 0 spiro atoms. The molecule has 1 heterocycles. The van der Waals surface area contributed by atoms with Crippen molar-refractivity contribution in [1.29, 1.82) is 0 Å². The van der Waals surface area contributed by atoms with E-state index in [2.05, 4.69) is 0 Å². The lowest BCUT2D eigenvalue weighted by atomic mass is 10.2. The summed E-state index contributed by atoms with van der Waals surface area (Å²) < 4.78 is 16.6. The standard InChI is InChI=1S/C16H23NO4/c1-16(2,3)21-15(18)17-9-10-19-11-13(17)12-20-14-7-5-4-6-8-14/h4-8,13H,9-12H2,1-3H3. The summed E-state index contributed by atoms with van der Waals surface area (Å²) in [6.45, 7) is 7.50. The van der Waals surface area contributed by atoms with Crippen LogP contribution in [0.1, 0.15) is 20.8 Å². The van der Waals surface area contributed by atoms with Gasteiger partial charge in [-0.1, -0.05) is 18.2 Å². The van der Waals surface area contributed by atoms with Gasteiger partial charge >= 0.3 is 6.09 Å². The average molecular weight is 293 g/mol. The zero-order valence-corrected chi connectivity index (χ0v) is 12.9. The zero-order chi connectivity index (χ0) is 15.3. The fourth-order valence-electron chi connectivity index (χ4n) is 2.06. The van der Waals surface area contributed by atoms with Crippen molar-refractivity contribution in [3.8, 4) is 5.75 Å². The molecule has 1 atom stereocenters. The van der Waals surface area contributed by atoms with Gasteiger partial charge in [0.1, 0.15) is 18.0 Å². The molecule has 1 saturated heterocycles. The van der Waals surface area contributed by atoms with Crippen LogP contribution in [0.15, 0.2) is 30.3 Å². The van der Waals surface area contributed by atoms with Gasteiger partial charge in [-0.05, 0) is 32.9 Å². The SMILES string of the molecule is CC(C)(C)OC(=O)N1CCOCC1COc1ccccc1. The van der Waals surface area contributed by atoms with E-state index in [1.807, 2.05) is 51.1 Å². The maximum absolute atomic E-state index is 12.2. The topological polar surface area (TPSA) is 48.0 Å². The van der Waals surface area contributed by atoms with Crippen molar-refractivity contribution >= 4 is 6.09 Å². The number of para-hydroxylation sites is 1. The first kappa shape index (κ1) is 15.6. The second-order valence-corrected chi connectivity index (χ2v) is 6.03. The number of morpholine rings is 1. The van der Waals surface area contributed by atoms with Crippen molar-refractivity contribution in [3.05, 3.63) is 30.3 Å². The van der Waals surface area contributed by atoms with Gasteiger partial charge in [0, 0.05) is 6.54 Å². The Labute approximate surface area is 125 Å². The van der Waals surface area contributed by atoms with Gasteiger partial charge in [-0.3, -0.25) is 4.90 Å². The van der Waals surface area contributed by atoms with E-state index in [-0.39, 0.29) is 12.1 Å². The molecule has 1 fully saturated rings. The van der Waals surface area contributed by atoms with Crippen LogP contribution in [0.2, 0.25) is 0 Å². The number of hydrogen-bond donors (Lipinski definition) is 0. The fraction of sp³-hybridized carbons (Fsp3) is 0.562. The van der Waals surface area contributed by atoms with Crippen LogP contribution in [-0.4, -0.2) is 49.0 Å². The number of benzene rings is 1. The molecular weight excluding hydrogens is 270 g/mol. The lowest BCUT2D eigenvalue weighted by Crippen LogP contribution is -2.52. The van der Waals surface area contributed by atoms with E-state index < -0.39 is 5.60 Å². The minimum Gasteiger partial charge on any atom is -0.491 e. The normalized spacial score (nSPS) is 19.2. The minimum atomic E-state index is -0.500. The Kier molecular flexibility index (Phi) is 5.07. The predicted molar refractivity (Wildman–Crippen MR) is 79.5 cm³/mol. The van der Waals surface area contributed by atoms with Gasteiger partial charge in [0.2, 0.25) is 0 Å². The molecule has 0 aliphatic carbocycles. The van der Waals surface area contributed by atoms with Crippen molar-refractivity contribution in [1.82, 2.24) is 4.90 Å². The summed E-state index contributed by atoms with van der Waals surface area (Å²) in [5.41, 5.74) is -0.500. The van der Waals surface area contributed by atoms with Gasteiger partial charge in [0.25, 0.3) is 0 Å². The Morgan fingerprint density at radius 2 is 2.05 bits per heavy atom. The van der Waals surface area contributed by atoms with E-state index in [9.17, 15) is 4.79 Å². The summed E-state index contributed by atoms with van der Waals surface area (Å²) in [7, 11) is 0. The molecule has 1 aliphatic heterocycles. The largest absolute Gasteiger partial charge is 0.491 e. The maximum atomic E-state index is 12.2. The molecule has 0 saturated carbocycles. The van der Waals surface area contributed by atoms with Crippen LogP contribution in [0.4, 0.5) is 4.79 Å². The molecular formula is C16H23NO4. The van der Waals surface area contributed by atoms with Gasteiger partial charge in [-0.25, -0.2) is 4.79 Å². The zero-order valence-electron chi connectivity index (χ0n) is 12.9. The molecule has 1 unspecified atom stereocenters. The van der Waals surface area contributed by atoms with Crippen LogP contribution in [0, 0.1) is 0 Å². The molecule has 1 aliphatic rings. The van der Waals surface area contributed by atoms with Crippen LogP contribution in [-0.2, 0) is 9.47 Å². The van der Waals surface area contributed by atoms with E-state index in [0.29, 0.717) is 26.4 Å². The summed E-state index contributed by atoms with van der Waals surface area (Å²) in [6, 6.07) is 9.41. The lowest BCUT2D eigenvalue weighted by molar-refractivity contribution is -0.0418. The van der Waals surface area contributed by atoms with Gasteiger partial charge in [-0.15, -0.1) is 0 Å². The van der Waals surface area contributed by atoms with E-state index in [4.69, 9.17) is 14.2 Å². The molecule has 116 valence electrons. The highest BCUT2D eigenvalue weighted by molar-refractivity contribution is 5.68. The molecule has 0 radical (unpaired) electrons. The molecule has 21 heavy (non-hydrogen) atoms. The first-order valence-corrected chi connectivity index (χ1v) is 7.21. The second kappa shape index (κ2) is 6.80. The molecule has 2 rings (SSSR count). The van der Waals surface area contributed by atoms with E-state index in [1.54, 1.807) is 4.90 Å². The number of nitrogens with zero attached hydrogens (tertiary/aromatic N) is 1. The molecule has 1 amide bonds. The number of amides is 1. The van der Waals surface area contributed by atoms with Crippen LogP contribution >= 0.6 is 0 Å². The summed E-state index contributed by atoms with van der Waals surface area (Å²) in [5.74, 6) is 0.784. The van der Waals surface area contributed by atoms with Crippen LogP contribution in [0.5, 0.6) is 5.75 Å². The number of hydrogen-bond acceptors (Lipinski definition) is 4. The predicted octanol–water partition coefficient (Wildman–Crippen LogP) is 2.70. The highest BCUT2D eigenvalue weighted by Crippen LogP contribution is 2.16. The van der Waals surface area contributed by atoms with Crippen molar-refractivity contribution in [2.24, 2.45) is 0 Å². The van der Waals surface area contributed by atoms with Crippen LogP contribution in [0.3, 0.4) is 0 Å².